The van der Waals surface area contributed by atoms with Crippen LogP contribution in [0.15, 0.2) is 12.1 Å². The van der Waals surface area contributed by atoms with Crippen LogP contribution in [0.1, 0.15) is 31.2 Å². The molecule has 18 heavy (non-hydrogen) atoms. The molecule has 1 unspecified atom stereocenters. The first-order chi connectivity index (χ1) is 8.58. The maximum absolute atomic E-state index is 11.1. The van der Waals surface area contributed by atoms with E-state index in [1.54, 1.807) is 6.07 Å². The van der Waals surface area contributed by atoms with Crippen molar-refractivity contribution >= 4 is 5.97 Å². The Bertz CT molecular complexity index is 407. The number of nitrogens with one attached hydrogen (secondary N) is 1. The lowest BCUT2D eigenvalue weighted by Gasteiger charge is -2.17. The second kappa shape index (κ2) is 6.96. The Hall–Kier alpha value is -1.62. The molecule has 0 aliphatic carbocycles. The molecule has 0 aliphatic rings. The zero-order valence-corrected chi connectivity index (χ0v) is 11.1. The highest BCUT2D eigenvalue weighted by molar-refractivity contribution is 5.72. The Balaban J connectivity index is 2.90. The first-order valence-corrected chi connectivity index (χ1v) is 6.09. The first-order valence-electron chi connectivity index (χ1n) is 6.09. The Morgan fingerprint density at radius 3 is 2.83 bits per heavy atom. The van der Waals surface area contributed by atoms with E-state index >= 15 is 0 Å². The van der Waals surface area contributed by atoms with E-state index in [2.05, 4.69) is 10.3 Å². The Labute approximate surface area is 107 Å². The van der Waals surface area contributed by atoms with E-state index in [9.17, 15) is 4.79 Å². The van der Waals surface area contributed by atoms with Crippen LogP contribution in [0.5, 0.6) is 5.75 Å². The molecule has 0 radical (unpaired) electrons. The molecule has 5 heteroatoms. The fourth-order valence-corrected chi connectivity index (χ4v) is 1.65. The Morgan fingerprint density at radius 1 is 1.56 bits per heavy atom. The number of hydrogen-bond acceptors (Lipinski definition) is 4. The number of carbonyl (C=O) groups is 1. The van der Waals surface area contributed by atoms with Crippen molar-refractivity contribution < 1.29 is 14.6 Å². The second-order valence-electron chi connectivity index (χ2n) is 4.16. The average Bonchev–Trinajstić information content (AvgIpc) is 2.31. The first kappa shape index (κ1) is 14.4. The number of nitrogens with zero attached hydrogens (tertiary/aromatic N) is 1. The molecule has 1 aromatic rings. The lowest BCUT2D eigenvalue weighted by Crippen LogP contribution is -2.27. The van der Waals surface area contributed by atoms with Crippen LogP contribution in [-0.2, 0) is 11.3 Å². The van der Waals surface area contributed by atoms with E-state index in [1.165, 1.54) is 0 Å². The summed E-state index contributed by atoms with van der Waals surface area (Å²) in [7, 11) is 1.81. The quantitative estimate of drug-likeness (QED) is 0.773. The van der Waals surface area contributed by atoms with Crippen LogP contribution >= 0.6 is 0 Å². The van der Waals surface area contributed by atoms with Gasteiger partial charge in [0.05, 0.1) is 5.69 Å². The van der Waals surface area contributed by atoms with Gasteiger partial charge >= 0.3 is 5.97 Å². The van der Waals surface area contributed by atoms with Crippen LogP contribution < -0.4 is 10.1 Å². The second-order valence-corrected chi connectivity index (χ2v) is 4.16. The number of pyridine rings is 1. The monoisotopic (exact) mass is 252 g/mol. The zero-order chi connectivity index (χ0) is 13.5. The molecule has 0 fully saturated rings. The van der Waals surface area contributed by atoms with E-state index in [4.69, 9.17) is 9.84 Å². The average molecular weight is 252 g/mol. The van der Waals surface area contributed by atoms with Crippen LogP contribution in [-0.4, -0.2) is 29.2 Å². The maximum Gasteiger partial charge on any atom is 0.344 e. The molecule has 0 aliphatic heterocycles. The zero-order valence-electron chi connectivity index (χ0n) is 11.1. The molecule has 0 spiro atoms. The van der Waals surface area contributed by atoms with Gasteiger partial charge < -0.3 is 15.2 Å². The highest BCUT2D eigenvalue weighted by Gasteiger charge is 2.19. The summed E-state index contributed by atoms with van der Waals surface area (Å²) >= 11 is 0. The summed E-state index contributed by atoms with van der Waals surface area (Å²) in [5.41, 5.74) is 1.62. The van der Waals surface area contributed by atoms with Crippen LogP contribution in [0.3, 0.4) is 0 Å². The highest BCUT2D eigenvalue weighted by atomic mass is 16.5. The van der Waals surface area contributed by atoms with Crippen LogP contribution in [0, 0.1) is 6.92 Å². The molecular formula is C13H20N2O3. The molecule has 100 valence electrons. The van der Waals surface area contributed by atoms with E-state index in [-0.39, 0.29) is 0 Å². The van der Waals surface area contributed by atoms with Gasteiger partial charge in [0.15, 0.2) is 6.10 Å². The molecule has 0 amide bonds. The normalized spacial score (nSPS) is 12.2. The predicted molar refractivity (Wildman–Crippen MR) is 68.7 cm³/mol. The van der Waals surface area contributed by atoms with Gasteiger partial charge in [-0.15, -0.1) is 0 Å². The van der Waals surface area contributed by atoms with Crippen molar-refractivity contribution in [2.45, 2.75) is 39.3 Å². The van der Waals surface area contributed by atoms with Gasteiger partial charge in [0, 0.05) is 12.2 Å². The van der Waals surface area contributed by atoms with Gasteiger partial charge in [0.25, 0.3) is 0 Å². The number of carboxylic acid groups (broad SMARTS) is 1. The van der Waals surface area contributed by atoms with Crippen molar-refractivity contribution in [2.75, 3.05) is 7.05 Å². The Morgan fingerprint density at radius 2 is 2.28 bits per heavy atom. The van der Waals surface area contributed by atoms with Crippen LogP contribution in [0.4, 0.5) is 0 Å². The van der Waals surface area contributed by atoms with Gasteiger partial charge in [-0.05, 0) is 32.5 Å². The van der Waals surface area contributed by atoms with E-state index in [0.717, 1.165) is 17.8 Å². The van der Waals surface area contributed by atoms with Crippen molar-refractivity contribution in [3.05, 3.63) is 23.5 Å². The van der Waals surface area contributed by atoms with Crippen molar-refractivity contribution in [3.8, 4) is 5.75 Å². The predicted octanol–water partition coefficient (Wildman–Crippen LogP) is 1.74. The van der Waals surface area contributed by atoms with Gasteiger partial charge in [0.2, 0.25) is 0 Å². The fraction of sp³-hybridized carbons (Fsp3) is 0.538. The van der Waals surface area contributed by atoms with Crippen molar-refractivity contribution in [3.63, 3.8) is 0 Å². The molecule has 1 aromatic heterocycles. The highest BCUT2D eigenvalue weighted by Crippen LogP contribution is 2.19. The molecule has 1 rings (SSSR count). The summed E-state index contributed by atoms with van der Waals surface area (Å²) in [6.45, 7) is 4.38. The minimum atomic E-state index is -0.937. The van der Waals surface area contributed by atoms with Gasteiger partial charge in [-0.2, -0.15) is 0 Å². The third kappa shape index (κ3) is 4.00. The molecule has 0 saturated carbocycles. The van der Waals surface area contributed by atoms with Gasteiger partial charge in [-0.3, -0.25) is 4.98 Å². The lowest BCUT2D eigenvalue weighted by molar-refractivity contribution is -0.145. The fourth-order valence-electron chi connectivity index (χ4n) is 1.65. The molecule has 2 N–H and O–H groups in total. The molecule has 1 heterocycles. The molecule has 0 bridgehead atoms. The minimum Gasteiger partial charge on any atom is -0.479 e. The summed E-state index contributed by atoms with van der Waals surface area (Å²) < 4.78 is 5.55. The molecular weight excluding hydrogens is 232 g/mol. The summed E-state index contributed by atoms with van der Waals surface area (Å²) in [5, 5.41) is 12.1. The molecule has 0 saturated heterocycles. The molecule has 5 nitrogen and oxygen atoms in total. The van der Waals surface area contributed by atoms with E-state index < -0.39 is 12.1 Å². The maximum atomic E-state index is 11.1. The standard InChI is InChI=1S/C13H20N2O3/c1-4-5-12(13(16)17)18-11-7-6-9(2)15-10(11)8-14-3/h6-7,12,14H,4-5,8H2,1-3H3,(H,16,17). The van der Waals surface area contributed by atoms with E-state index in [0.29, 0.717) is 18.7 Å². The summed E-state index contributed by atoms with van der Waals surface area (Å²) in [5.74, 6) is -0.399. The van der Waals surface area contributed by atoms with Crippen LogP contribution in [0.2, 0.25) is 0 Å². The summed E-state index contributed by atoms with van der Waals surface area (Å²) in [6.07, 6.45) is 0.440. The number of carboxylic acids is 1. The van der Waals surface area contributed by atoms with Gasteiger partial charge in [-0.1, -0.05) is 13.3 Å². The largest absolute Gasteiger partial charge is 0.479 e. The van der Waals surface area contributed by atoms with Crippen LogP contribution in [0.25, 0.3) is 0 Å². The summed E-state index contributed by atoms with van der Waals surface area (Å²) in [6, 6.07) is 3.60. The molecule has 1 atom stereocenters. The number of aliphatic carboxylic acids is 1. The Kier molecular flexibility index (Phi) is 5.58. The van der Waals surface area contributed by atoms with Gasteiger partial charge in [-0.25, -0.2) is 4.79 Å². The number of aryl methyl sites for hydroxylation is 1. The minimum absolute atomic E-state index is 0.488. The SMILES string of the molecule is CCCC(Oc1ccc(C)nc1CNC)C(=O)O. The van der Waals surface area contributed by atoms with Crippen molar-refractivity contribution in [2.24, 2.45) is 0 Å². The number of aromatic nitrogens is 1. The smallest absolute Gasteiger partial charge is 0.344 e. The third-order valence-electron chi connectivity index (χ3n) is 2.51. The topological polar surface area (TPSA) is 71.5 Å². The summed E-state index contributed by atoms with van der Waals surface area (Å²) in [4.78, 5) is 15.4. The lowest BCUT2D eigenvalue weighted by atomic mass is 10.2. The van der Waals surface area contributed by atoms with Gasteiger partial charge in [0.1, 0.15) is 5.75 Å². The number of rotatable bonds is 7. The van der Waals surface area contributed by atoms with E-state index in [1.807, 2.05) is 27.0 Å². The third-order valence-corrected chi connectivity index (χ3v) is 2.51. The molecule has 0 aromatic carbocycles. The number of hydrogen-bond donors (Lipinski definition) is 2. The number of ether oxygens (including phenoxy) is 1. The van der Waals surface area contributed by atoms with Crippen molar-refractivity contribution in [1.82, 2.24) is 10.3 Å². The van der Waals surface area contributed by atoms with Crippen molar-refractivity contribution in [1.29, 1.82) is 0 Å².